The van der Waals surface area contributed by atoms with E-state index in [1.807, 2.05) is 6.07 Å². The summed E-state index contributed by atoms with van der Waals surface area (Å²) in [4.78, 5) is 0. The van der Waals surface area contributed by atoms with Gasteiger partial charge < -0.3 is 10.1 Å². The van der Waals surface area contributed by atoms with Crippen molar-refractivity contribution in [3.63, 3.8) is 0 Å². The zero-order valence-corrected chi connectivity index (χ0v) is 11.5. The summed E-state index contributed by atoms with van der Waals surface area (Å²) in [5.41, 5.74) is 0.708. The Morgan fingerprint density at radius 1 is 1.53 bits per heavy atom. The molecule has 1 fully saturated rings. The monoisotopic (exact) mass is 301 g/mol. The minimum Gasteiger partial charge on any atom is -0.378 e. The summed E-state index contributed by atoms with van der Waals surface area (Å²) in [6.07, 6.45) is 1.41. The van der Waals surface area contributed by atoms with E-state index in [2.05, 4.69) is 28.2 Å². The zero-order chi connectivity index (χ0) is 12.3. The van der Waals surface area contributed by atoms with Gasteiger partial charge in [-0.15, -0.1) is 0 Å². The Morgan fingerprint density at radius 3 is 3.00 bits per heavy atom. The van der Waals surface area contributed by atoms with Crippen molar-refractivity contribution in [3.8, 4) is 0 Å². The average molecular weight is 302 g/mol. The molecule has 0 spiro atoms. The lowest BCUT2D eigenvalue weighted by Crippen LogP contribution is -2.26. The van der Waals surface area contributed by atoms with Crippen LogP contribution < -0.4 is 5.32 Å². The van der Waals surface area contributed by atoms with Gasteiger partial charge in [-0.2, -0.15) is 0 Å². The van der Waals surface area contributed by atoms with Gasteiger partial charge in [0.25, 0.3) is 0 Å². The molecule has 94 valence electrons. The van der Waals surface area contributed by atoms with Gasteiger partial charge in [-0.05, 0) is 31.4 Å². The van der Waals surface area contributed by atoms with E-state index in [9.17, 15) is 4.39 Å². The van der Waals surface area contributed by atoms with Crippen LogP contribution >= 0.6 is 15.9 Å². The zero-order valence-electron chi connectivity index (χ0n) is 9.88. The minimum absolute atomic E-state index is 0.164. The molecule has 1 saturated heterocycles. The van der Waals surface area contributed by atoms with Crippen molar-refractivity contribution < 1.29 is 9.13 Å². The van der Waals surface area contributed by atoms with E-state index >= 15 is 0 Å². The molecule has 1 heterocycles. The second-order valence-electron chi connectivity index (χ2n) is 4.49. The van der Waals surface area contributed by atoms with Gasteiger partial charge in [-0.1, -0.05) is 22.0 Å². The van der Waals surface area contributed by atoms with Crippen molar-refractivity contribution in [2.24, 2.45) is 5.92 Å². The van der Waals surface area contributed by atoms with Gasteiger partial charge in [0.05, 0.1) is 6.10 Å². The van der Waals surface area contributed by atoms with Crippen LogP contribution in [0.3, 0.4) is 0 Å². The highest BCUT2D eigenvalue weighted by Gasteiger charge is 2.23. The van der Waals surface area contributed by atoms with Gasteiger partial charge in [-0.25, -0.2) is 4.39 Å². The largest absolute Gasteiger partial charge is 0.378 e. The molecule has 1 aromatic rings. The Kier molecular flexibility index (Phi) is 4.54. The van der Waals surface area contributed by atoms with Crippen LogP contribution in [0.25, 0.3) is 0 Å². The Balaban J connectivity index is 1.81. The first-order chi connectivity index (χ1) is 8.16. The number of halogens is 2. The van der Waals surface area contributed by atoms with Crippen molar-refractivity contribution in [2.45, 2.75) is 26.0 Å². The highest BCUT2D eigenvalue weighted by Crippen LogP contribution is 2.20. The van der Waals surface area contributed by atoms with E-state index < -0.39 is 0 Å². The molecule has 2 rings (SSSR count). The molecular weight excluding hydrogens is 285 g/mol. The molecule has 2 nitrogen and oxygen atoms in total. The molecule has 1 aliphatic rings. The standard InChI is InChI=1S/C13H17BrFNO/c1-9-10(4-5-17-9)7-16-8-11-2-3-12(14)6-13(11)15/h2-3,6,9-10,16H,4-5,7-8H2,1H3. The smallest absolute Gasteiger partial charge is 0.128 e. The third-order valence-electron chi connectivity index (χ3n) is 3.27. The maximum absolute atomic E-state index is 13.5. The van der Waals surface area contributed by atoms with E-state index in [1.54, 1.807) is 6.07 Å². The second kappa shape index (κ2) is 5.94. The number of rotatable bonds is 4. The highest BCUT2D eigenvalue weighted by molar-refractivity contribution is 9.10. The molecule has 0 amide bonds. The third kappa shape index (κ3) is 3.50. The summed E-state index contributed by atoms with van der Waals surface area (Å²) < 4.78 is 19.8. The Bertz CT molecular complexity index is 386. The molecule has 1 aliphatic heterocycles. The molecule has 4 heteroatoms. The van der Waals surface area contributed by atoms with E-state index in [-0.39, 0.29) is 5.82 Å². The molecule has 0 radical (unpaired) electrons. The van der Waals surface area contributed by atoms with Crippen LogP contribution in [0.1, 0.15) is 18.9 Å². The summed E-state index contributed by atoms with van der Waals surface area (Å²) in [5.74, 6) is 0.385. The first kappa shape index (κ1) is 13.0. The van der Waals surface area contributed by atoms with Crippen molar-refractivity contribution in [1.29, 1.82) is 0 Å². The van der Waals surface area contributed by atoms with Crippen LogP contribution in [0, 0.1) is 11.7 Å². The summed E-state index contributed by atoms with van der Waals surface area (Å²) in [7, 11) is 0. The summed E-state index contributed by atoms with van der Waals surface area (Å²) in [5, 5.41) is 3.30. The fourth-order valence-electron chi connectivity index (χ4n) is 2.10. The fraction of sp³-hybridized carbons (Fsp3) is 0.538. The van der Waals surface area contributed by atoms with E-state index in [0.29, 0.717) is 24.1 Å². The number of benzene rings is 1. The summed E-state index contributed by atoms with van der Waals surface area (Å²) >= 11 is 3.25. The molecule has 1 aromatic carbocycles. The van der Waals surface area contributed by atoms with Crippen molar-refractivity contribution in [3.05, 3.63) is 34.1 Å². The molecule has 0 aromatic heterocycles. The normalized spacial score (nSPS) is 24.2. The lowest BCUT2D eigenvalue weighted by Gasteiger charge is -2.14. The topological polar surface area (TPSA) is 21.3 Å². The van der Waals surface area contributed by atoms with Crippen molar-refractivity contribution in [1.82, 2.24) is 5.32 Å². The van der Waals surface area contributed by atoms with Crippen molar-refractivity contribution >= 4 is 15.9 Å². The predicted octanol–water partition coefficient (Wildman–Crippen LogP) is 3.10. The molecule has 0 saturated carbocycles. The molecule has 2 unspecified atom stereocenters. The van der Waals surface area contributed by atoms with Gasteiger partial charge in [-0.3, -0.25) is 0 Å². The number of hydrogen-bond donors (Lipinski definition) is 1. The van der Waals surface area contributed by atoms with Gasteiger partial charge >= 0.3 is 0 Å². The molecule has 0 aliphatic carbocycles. The van der Waals surface area contributed by atoms with Crippen LogP contribution in [0.5, 0.6) is 0 Å². The maximum atomic E-state index is 13.5. The highest BCUT2D eigenvalue weighted by atomic mass is 79.9. The van der Waals surface area contributed by atoms with Crippen molar-refractivity contribution in [2.75, 3.05) is 13.2 Å². The van der Waals surface area contributed by atoms with Crippen LogP contribution in [-0.2, 0) is 11.3 Å². The number of nitrogens with one attached hydrogen (secondary N) is 1. The average Bonchev–Trinajstić information content (AvgIpc) is 2.68. The van der Waals surface area contributed by atoms with E-state index in [4.69, 9.17) is 4.74 Å². The molecule has 1 N–H and O–H groups in total. The third-order valence-corrected chi connectivity index (χ3v) is 3.76. The van der Waals surface area contributed by atoms with E-state index in [1.165, 1.54) is 6.07 Å². The van der Waals surface area contributed by atoms with Crippen LogP contribution in [0.4, 0.5) is 4.39 Å². The Hall–Kier alpha value is -0.450. The Labute approximate surface area is 110 Å². The van der Waals surface area contributed by atoms with Crippen LogP contribution in [-0.4, -0.2) is 19.3 Å². The van der Waals surface area contributed by atoms with E-state index in [0.717, 1.165) is 24.0 Å². The predicted molar refractivity (Wildman–Crippen MR) is 69.3 cm³/mol. The Morgan fingerprint density at radius 2 is 2.35 bits per heavy atom. The molecule has 2 atom stereocenters. The lowest BCUT2D eigenvalue weighted by atomic mass is 10.0. The first-order valence-electron chi connectivity index (χ1n) is 5.93. The SMILES string of the molecule is CC1OCCC1CNCc1ccc(Br)cc1F. The maximum Gasteiger partial charge on any atom is 0.128 e. The molecular formula is C13H17BrFNO. The fourth-order valence-corrected chi connectivity index (χ4v) is 2.43. The number of hydrogen-bond acceptors (Lipinski definition) is 2. The second-order valence-corrected chi connectivity index (χ2v) is 5.41. The molecule has 17 heavy (non-hydrogen) atoms. The van der Waals surface area contributed by atoms with Gasteiger partial charge in [0, 0.05) is 29.7 Å². The minimum atomic E-state index is -0.164. The summed E-state index contributed by atoms with van der Waals surface area (Å²) in [6, 6.07) is 5.17. The van der Waals surface area contributed by atoms with Crippen LogP contribution in [0.15, 0.2) is 22.7 Å². The lowest BCUT2D eigenvalue weighted by molar-refractivity contribution is 0.105. The van der Waals surface area contributed by atoms with Gasteiger partial charge in [0.15, 0.2) is 0 Å². The summed E-state index contributed by atoms with van der Waals surface area (Å²) in [6.45, 7) is 4.40. The first-order valence-corrected chi connectivity index (χ1v) is 6.72. The number of ether oxygens (including phenoxy) is 1. The van der Waals surface area contributed by atoms with Crippen LogP contribution in [0.2, 0.25) is 0 Å². The quantitative estimate of drug-likeness (QED) is 0.923. The van der Waals surface area contributed by atoms with Gasteiger partial charge in [0.1, 0.15) is 5.82 Å². The molecule has 0 bridgehead atoms. The van der Waals surface area contributed by atoms with Gasteiger partial charge in [0.2, 0.25) is 0 Å².